The molecule has 1 fully saturated rings. The first-order valence-corrected chi connectivity index (χ1v) is 10.0. The molecule has 0 spiro atoms. The van der Waals surface area contributed by atoms with Gasteiger partial charge in [0.05, 0.1) is 5.69 Å². The third-order valence-corrected chi connectivity index (χ3v) is 5.05. The molecular formula is C21H30N8. The average Bonchev–Trinajstić information content (AvgIpc) is 2.68. The van der Waals surface area contributed by atoms with Crippen LogP contribution in [0.2, 0.25) is 0 Å². The van der Waals surface area contributed by atoms with E-state index in [1.54, 1.807) is 0 Å². The van der Waals surface area contributed by atoms with Crippen LogP contribution in [0, 0.1) is 18.3 Å². The minimum atomic E-state index is 0.0949. The summed E-state index contributed by atoms with van der Waals surface area (Å²) < 4.78 is 0. The minimum absolute atomic E-state index is 0.0949. The van der Waals surface area contributed by atoms with Crippen molar-refractivity contribution in [3.05, 3.63) is 53.1 Å². The lowest BCUT2D eigenvalue weighted by molar-refractivity contribution is 0.247. The molecule has 154 valence electrons. The number of rotatable bonds is 6. The van der Waals surface area contributed by atoms with Gasteiger partial charge in [0.25, 0.3) is 0 Å². The fourth-order valence-electron chi connectivity index (χ4n) is 3.72. The molecule has 1 aliphatic rings. The van der Waals surface area contributed by atoms with Crippen molar-refractivity contribution in [2.75, 3.05) is 31.1 Å². The Morgan fingerprint density at radius 1 is 1.21 bits per heavy atom. The van der Waals surface area contributed by atoms with Crippen molar-refractivity contribution in [3.8, 4) is 0 Å². The van der Waals surface area contributed by atoms with Crippen molar-refractivity contribution < 1.29 is 0 Å². The third-order valence-electron chi connectivity index (χ3n) is 5.05. The van der Waals surface area contributed by atoms with Gasteiger partial charge in [-0.15, -0.1) is 5.11 Å². The maximum atomic E-state index is 8.22. The Labute approximate surface area is 172 Å². The second-order valence-corrected chi connectivity index (χ2v) is 7.87. The molecule has 1 aromatic carbocycles. The number of hydrogen-bond donors (Lipinski definition) is 2. The molecule has 2 aromatic rings. The highest BCUT2D eigenvalue weighted by Gasteiger charge is 2.21. The Hall–Kier alpha value is -2.87. The molecule has 0 radical (unpaired) electrons. The summed E-state index contributed by atoms with van der Waals surface area (Å²) in [4.78, 5) is 13.4. The summed E-state index contributed by atoms with van der Waals surface area (Å²) in [6.07, 6.45) is 2.82. The van der Waals surface area contributed by atoms with Gasteiger partial charge in [0.2, 0.25) is 0 Å². The molecule has 1 saturated heterocycles. The van der Waals surface area contributed by atoms with Crippen LogP contribution in [0.25, 0.3) is 0 Å². The van der Waals surface area contributed by atoms with Crippen molar-refractivity contribution in [3.63, 3.8) is 0 Å². The van der Waals surface area contributed by atoms with E-state index in [2.05, 4.69) is 56.1 Å². The first-order valence-electron chi connectivity index (χ1n) is 10.0. The Bertz CT molecular complexity index is 869. The van der Waals surface area contributed by atoms with Gasteiger partial charge in [-0.1, -0.05) is 25.1 Å². The van der Waals surface area contributed by atoms with E-state index in [0.29, 0.717) is 5.92 Å². The molecule has 8 nitrogen and oxygen atoms in total. The molecule has 0 bridgehead atoms. The van der Waals surface area contributed by atoms with E-state index in [-0.39, 0.29) is 5.84 Å². The van der Waals surface area contributed by atoms with Crippen LogP contribution in [0.5, 0.6) is 0 Å². The highest BCUT2D eigenvalue weighted by atomic mass is 15.3. The van der Waals surface area contributed by atoms with E-state index in [0.717, 1.165) is 61.9 Å². The Morgan fingerprint density at radius 3 is 2.62 bits per heavy atom. The van der Waals surface area contributed by atoms with Crippen molar-refractivity contribution in [2.45, 2.75) is 33.7 Å². The van der Waals surface area contributed by atoms with Crippen LogP contribution in [0.3, 0.4) is 0 Å². The summed E-state index contributed by atoms with van der Waals surface area (Å²) in [6, 6.07) is 8.22. The molecule has 29 heavy (non-hydrogen) atoms. The lowest BCUT2D eigenvalue weighted by Gasteiger charge is -2.37. The van der Waals surface area contributed by atoms with E-state index >= 15 is 0 Å². The second kappa shape index (κ2) is 9.56. The van der Waals surface area contributed by atoms with Crippen LogP contribution in [0.1, 0.15) is 36.5 Å². The summed E-state index contributed by atoms with van der Waals surface area (Å²) in [5, 5.41) is 15.3. The molecule has 0 saturated carbocycles. The van der Waals surface area contributed by atoms with Crippen LogP contribution in [0.15, 0.2) is 40.8 Å². The van der Waals surface area contributed by atoms with Gasteiger partial charge in [0.1, 0.15) is 5.82 Å². The zero-order valence-electron chi connectivity index (χ0n) is 17.5. The predicted octanol–water partition coefficient (Wildman–Crippen LogP) is 2.96. The van der Waals surface area contributed by atoms with Gasteiger partial charge in [-0.2, -0.15) is 0 Å². The summed E-state index contributed by atoms with van der Waals surface area (Å²) in [5.74, 6) is 6.65. The van der Waals surface area contributed by atoms with Crippen LogP contribution in [-0.4, -0.2) is 46.9 Å². The molecule has 1 aromatic heterocycles. The van der Waals surface area contributed by atoms with Crippen molar-refractivity contribution in [1.82, 2.24) is 14.9 Å². The SMILES string of the molecule is Cc1nccc(CN2CCN(c3cc(CC(C)C)ccc3C(=N)/N=N\N)CC2)n1. The molecule has 0 unspecified atom stereocenters. The summed E-state index contributed by atoms with van der Waals surface area (Å²) in [7, 11) is 0. The van der Waals surface area contributed by atoms with Crippen LogP contribution >= 0.6 is 0 Å². The molecule has 3 rings (SSSR count). The first kappa shape index (κ1) is 20.9. The topological polar surface area (TPSA) is 107 Å². The number of piperazine rings is 1. The number of hydrogen-bond acceptors (Lipinski definition) is 6. The summed E-state index contributed by atoms with van der Waals surface area (Å²) in [6.45, 7) is 10.8. The number of nitrogens with two attached hydrogens (primary N) is 1. The van der Waals surface area contributed by atoms with Crippen LogP contribution in [0.4, 0.5) is 5.69 Å². The van der Waals surface area contributed by atoms with Gasteiger partial charge < -0.3 is 10.7 Å². The van der Waals surface area contributed by atoms with E-state index in [1.165, 1.54) is 5.56 Å². The van der Waals surface area contributed by atoms with E-state index in [9.17, 15) is 0 Å². The van der Waals surface area contributed by atoms with Gasteiger partial charge in [0.15, 0.2) is 5.84 Å². The van der Waals surface area contributed by atoms with Gasteiger partial charge in [-0.05, 0) is 43.0 Å². The average molecular weight is 395 g/mol. The third kappa shape index (κ3) is 5.57. The Morgan fingerprint density at radius 2 is 1.97 bits per heavy atom. The fourth-order valence-corrected chi connectivity index (χ4v) is 3.72. The largest absolute Gasteiger partial charge is 0.368 e. The first-order chi connectivity index (χ1) is 14.0. The maximum Gasteiger partial charge on any atom is 0.178 e. The normalized spacial score (nSPS) is 15.4. The summed E-state index contributed by atoms with van der Waals surface area (Å²) in [5.41, 5.74) is 4.13. The lowest BCUT2D eigenvalue weighted by atomic mass is 9.99. The number of anilines is 1. The number of nitrogens with zero attached hydrogens (tertiary/aromatic N) is 6. The van der Waals surface area contributed by atoms with Gasteiger partial charge in [0, 0.05) is 50.2 Å². The number of aromatic nitrogens is 2. The number of aryl methyl sites for hydroxylation is 1. The van der Waals surface area contributed by atoms with E-state index < -0.39 is 0 Å². The highest BCUT2D eigenvalue weighted by molar-refractivity contribution is 6.02. The minimum Gasteiger partial charge on any atom is -0.368 e. The summed E-state index contributed by atoms with van der Waals surface area (Å²) >= 11 is 0. The number of nitrogens with one attached hydrogen (secondary N) is 1. The molecular weight excluding hydrogens is 364 g/mol. The molecule has 0 atom stereocenters. The Balaban J connectivity index is 1.74. The van der Waals surface area contributed by atoms with Crippen molar-refractivity contribution in [1.29, 1.82) is 5.41 Å². The second-order valence-electron chi connectivity index (χ2n) is 7.87. The highest BCUT2D eigenvalue weighted by Crippen LogP contribution is 2.26. The molecule has 0 aliphatic carbocycles. The smallest absolute Gasteiger partial charge is 0.178 e. The van der Waals surface area contributed by atoms with E-state index in [1.807, 2.05) is 25.3 Å². The van der Waals surface area contributed by atoms with Gasteiger partial charge in [-0.3, -0.25) is 10.3 Å². The van der Waals surface area contributed by atoms with E-state index in [4.69, 9.17) is 11.3 Å². The van der Waals surface area contributed by atoms with Gasteiger partial charge in [-0.25, -0.2) is 9.97 Å². The predicted molar refractivity (Wildman–Crippen MR) is 115 cm³/mol. The standard InChI is InChI=1S/C21H30N8/c1-15(2)12-17-4-5-19(21(22)26-27-23)20(13-17)29-10-8-28(9-11-29)14-18-6-7-24-16(3)25-18/h4-7,13,15H,8-12,14H2,1-3H3,(H3,22,23,26). The molecule has 8 heteroatoms. The Kier molecular flexibility index (Phi) is 6.87. The number of amidine groups is 1. The molecule has 2 heterocycles. The molecule has 3 N–H and O–H groups in total. The maximum absolute atomic E-state index is 8.22. The molecule has 0 amide bonds. The zero-order chi connectivity index (χ0) is 20.8. The van der Waals surface area contributed by atoms with Crippen molar-refractivity contribution in [2.24, 2.45) is 22.1 Å². The van der Waals surface area contributed by atoms with Gasteiger partial charge >= 0.3 is 0 Å². The van der Waals surface area contributed by atoms with Crippen molar-refractivity contribution >= 4 is 11.5 Å². The van der Waals surface area contributed by atoms with Crippen LogP contribution in [-0.2, 0) is 13.0 Å². The fraction of sp³-hybridized carbons (Fsp3) is 0.476. The monoisotopic (exact) mass is 394 g/mol. The lowest BCUT2D eigenvalue weighted by Crippen LogP contribution is -2.46. The quantitative estimate of drug-likeness (QED) is 0.257. The molecule has 1 aliphatic heterocycles. The number of benzene rings is 1. The van der Waals surface area contributed by atoms with Crippen LogP contribution < -0.4 is 10.7 Å². The zero-order valence-corrected chi connectivity index (χ0v) is 17.5.